The molecule has 0 aliphatic carbocycles. The number of halogens is 1. The molecule has 1 aromatic carbocycles. The highest BCUT2D eigenvalue weighted by molar-refractivity contribution is 7.89. The number of hydrogen-bond acceptors (Lipinski definition) is 5. The smallest absolute Gasteiger partial charge is 0.244 e. The van der Waals surface area contributed by atoms with Crippen molar-refractivity contribution in [2.24, 2.45) is 0 Å². The summed E-state index contributed by atoms with van der Waals surface area (Å²) in [5, 5.41) is 10.3. The third-order valence-corrected chi connectivity index (χ3v) is 6.40. The van der Waals surface area contributed by atoms with Crippen molar-refractivity contribution in [2.75, 3.05) is 31.6 Å². The molecule has 2 heterocycles. The Kier molecular flexibility index (Phi) is 5.55. The SMILES string of the molecule is CN(CC(O)c1ccc(F)cc1)c1ccc(S(=O)(=O)N2CCCC2)cn1. The van der Waals surface area contributed by atoms with Gasteiger partial charge in [-0.25, -0.2) is 17.8 Å². The van der Waals surface area contributed by atoms with E-state index in [2.05, 4.69) is 4.98 Å². The molecule has 3 rings (SSSR count). The number of aliphatic hydroxyl groups excluding tert-OH is 1. The lowest BCUT2D eigenvalue weighted by atomic mass is 10.1. The number of nitrogens with zero attached hydrogens (tertiary/aromatic N) is 3. The van der Waals surface area contributed by atoms with Crippen LogP contribution in [0.4, 0.5) is 10.2 Å². The summed E-state index contributed by atoms with van der Waals surface area (Å²) in [6.07, 6.45) is 2.31. The van der Waals surface area contributed by atoms with Gasteiger partial charge in [-0.05, 0) is 42.7 Å². The van der Waals surface area contributed by atoms with Crippen molar-refractivity contribution in [3.05, 3.63) is 54.0 Å². The van der Waals surface area contributed by atoms with Crippen molar-refractivity contribution in [1.82, 2.24) is 9.29 Å². The minimum atomic E-state index is -3.48. The number of aliphatic hydroxyl groups is 1. The van der Waals surface area contributed by atoms with Crippen molar-refractivity contribution in [1.29, 1.82) is 0 Å². The number of likely N-dealkylation sites (N-methyl/N-ethyl adjacent to an activating group) is 1. The number of hydrogen-bond donors (Lipinski definition) is 1. The highest BCUT2D eigenvalue weighted by Gasteiger charge is 2.27. The fourth-order valence-electron chi connectivity index (χ4n) is 2.97. The topological polar surface area (TPSA) is 73.7 Å². The van der Waals surface area contributed by atoms with Crippen LogP contribution in [0.3, 0.4) is 0 Å². The van der Waals surface area contributed by atoms with E-state index in [-0.39, 0.29) is 17.3 Å². The number of anilines is 1. The van der Waals surface area contributed by atoms with Crippen molar-refractivity contribution < 1.29 is 17.9 Å². The van der Waals surface area contributed by atoms with Crippen LogP contribution < -0.4 is 4.90 Å². The summed E-state index contributed by atoms with van der Waals surface area (Å²) < 4.78 is 39.5. The zero-order valence-electron chi connectivity index (χ0n) is 14.5. The van der Waals surface area contributed by atoms with Crippen LogP contribution in [0.5, 0.6) is 0 Å². The third-order valence-electron chi connectivity index (χ3n) is 4.52. The molecule has 1 aromatic heterocycles. The van der Waals surface area contributed by atoms with E-state index in [1.807, 2.05) is 0 Å². The molecule has 0 saturated carbocycles. The summed E-state index contributed by atoms with van der Waals surface area (Å²) in [6.45, 7) is 1.35. The molecule has 0 radical (unpaired) electrons. The van der Waals surface area contributed by atoms with Gasteiger partial charge in [0, 0.05) is 32.9 Å². The van der Waals surface area contributed by atoms with E-state index in [4.69, 9.17) is 0 Å². The predicted molar refractivity (Wildman–Crippen MR) is 96.9 cm³/mol. The third kappa shape index (κ3) is 4.03. The molecule has 1 unspecified atom stereocenters. The molecule has 2 aromatic rings. The van der Waals surface area contributed by atoms with Crippen molar-refractivity contribution in [2.45, 2.75) is 23.8 Å². The van der Waals surface area contributed by atoms with E-state index in [1.165, 1.54) is 40.8 Å². The second-order valence-corrected chi connectivity index (χ2v) is 8.35. The lowest BCUT2D eigenvalue weighted by Gasteiger charge is -2.22. The second kappa shape index (κ2) is 7.69. The first-order valence-electron chi connectivity index (χ1n) is 8.49. The maximum atomic E-state index is 13.0. The van der Waals surface area contributed by atoms with Gasteiger partial charge in [0.1, 0.15) is 16.5 Å². The number of sulfonamides is 1. The Bertz CT molecular complexity index is 835. The number of benzene rings is 1. The summed E-state index contributed by atoms with van der Waals surface area (Å²) in [4.78, 5) is 6.13. The van der Waals surface area contributed by atoms with Gasteiger partial charge in [-0.3, -0.25) is 0 Å². The number of aromatic nitrogens is 1. The molecular formula is C18H22FN3O3S. The van der Waals surface area contributed by atoms with E-state index in [9.17, 15) is 17.9 Å². The number of pyridine rings is 1. The van der Waals surface area contributed by atoms with Gasteiger partial charge >= 0.3 is 0 Å². The Hall–Kier alpha value is -2.03. The summed E-state index contributed by atoms with van der Waals surface area (Å²) in [7, 11) is -1.73. The Morgan fingerprint density at radius 1 is 1.19 bits per heavy atom. The summed E-state index contributed by atoms with van der Waals surface area (Å²) >= 11 is 0. The fourth-order valence-corrected chi connectivity index (χ4v) is 4.43. The van der Waals surface area contributed by atoms with E-state index in [0.29, 0.717) is 24.5 Å². The zero-order chi connectivity index (χ0) is 18.7. The van der Waals surface area contributed by atoms with Crippen molar-refractivity contribution >= 4 is 15.8 Å². The number of rotatable bonds is 6. The van der Waals surface area contributed by atoms with E-state index < -0.39 is 16.1 Å². The van der Waals surface area contributed by atoms with Gasteiger partial charge in [-0.15, -0.1) is 0 Å². The fraction of sp³-hybridized carbons (Fsp3) is 0.389. The van der Waals surface area contributed by atoms with Gasteiger partial charge in [-0.1, -0.05) is 12.1 Å². The highest BCUT2D eigenvalue weighted by atomic mass is 32.2. The quantitative estimate of drug-likeness (QED) is 0.833. The highest BCUT2D eigenvalue weighted by Crippen LogP contribution is 2.22. The molecule has 1 atom stereocenters. The lowest BCUT2D eigenvalue weighted by Crippen LogP contribution is -2.28. The lowest BCUT2D eigenvalue weighted by molar-refractivity contribution is 0.184. The molecule has 1 aliphatic heterocycles. The maximum absolute atomic E-state index is 13.0. The average Bonchev–Trinajstić information content (AvgIpc) is 3.18. The van der Waals surface area contributed by atoms with Gasteiger partial charge in [0.05, 0.1) is 6.10 Å². The molecule has 26 heavy (non-hydrogen) atoms. The molecule has 140 valence electrons. The van der Waals surface area contributed by atoms with E-state index in [1.54, 1.807) is 18.0 Å². The van der Waals surface area contributed by atoms with Crippen molar-refractivity contribution in [3.63, 3.8) is 0 Å². The Balaban J connectivity index is 1.68. The molecule has 8 heteroatoms. The molecule has 0 bridgehead atoms. The zero-order valence-corrected chi connectivity index (χ0v) is 15.4. The van der Waals surface area contributed by atoms with Crippen LogP contribution in [0.25, 0.3) is 0 Å². The minimum Gasteiger partial charge on any atom is -0.387 e. The monoisotopic (exact) mass is 379 g/mol. The largest absolute Gasteiger partial charge is 0.387 e. The minimum absolute atomic E-state index is 0.177. The first-order chi connectivity index (χ1) is 12.4. The van der Waals surface area contributed by atoms with Crippen molar-refractivity contribution in [3.8, 4) is 0 Å². The molecular weight excluding hydrogens is 357 g/mol. The summed E-state index contributed by atoms with van der Waals surface area (Å²) in [5.74, 6) is 0.192. The molecule has 0 spiro atoms. The van der Waals surface area contributed by atoms with Gasteiger partial charge in [0.25, 0.3) is 0 Å². The van der Waals surface area contributed by atoms with Gasteiger partial charge in [0.15, 0.2) is 0 Å². The molecule has 1 aliphatic rings. The van der Waals surface area contributed by atoms with Gasteiger partial charge in [0.2, 0.25) is 10.0 Å². The van der Waals surface area contributed by atoms with Gasteiger partial charge in [-0.2, -0.15) is 4.31 Å². The standard InChI is InChI=1S/C18H22FN3O3S/c1-21(13-17(23)14-4-6-15(19)7-5-14)18-9-8-16(12-20-18)26(24,25)22-10-2-3-11-22/h4-9,12,17,23H,2-3,10-11,13H2,1H3. The second-order valence-electron chi connectivity index (χ2n) is 6.41. The Morgan fingerprint density at radius 3 is 2.42 bits per heavy atom. The van der Waals surface area contributed by atoms with Crippen LogP contribution in [0, 0.1) is 5.82 Å². The molecule has 1 fully saturated rings. The Morgan fingerprint density at radius 2 is 1.85 bits per heavy atom. The molecule has 6 nitrogen and oxygen atoms in total. The average molecular weight is 379 g/mol. The van der Waals surface area contributed by atoms with Crippen LogP contribution in [0.2, 0.25) is 0 Å². The van der Waals surface area contributed by atoms with Crippen LogP contribution in [-0.4, -0.2) is 49.5 Å². The Labute approximate surface area is 152 Å². The van der Waals surface area contributed by atoms with Crippen LogP contribution >= 0.6 is 0 Å². The van der Waals surface area contributed by atoms with E-state index >= 15 is 0 Å². The molecule has 0 amide bonds. The van der Waals surface area contributed by atoms with Crippen LogP contribution in [0.1, 0.15) is 24.5 Å². The summed E-state index contributed by atoms with van der Waals surface area (Å²) in [6, 6.07) is 8.83. The van der Waals surface area contributed by atoms with Gasteiger partial charge < -0.3 is 10.0 Å². The predicted octanol–water partition coefficient (Wildman–Crippen LogP) is 2.17. The molecule has 1 N–H and O–H groups in total. The van der Waals surface area contributed by atoms with Crippen LogP contribution in [-0.2, 0) is 10.0 Å². The first-order valence-corrected chi connectivity index (χ1v) is 9.93. The van der Waals surface area contributed by atoms with E-state index in [0.717, 1.165) is 12.8 Å². The van der Waals surface area contributed by atoms with Crippen LogP contribution in [0.15, 0.2) is 47.5 Å². The first kappa shape index (κ1) is 18.8. The molecule has 1 saturated heterocycles. The summed E-state index contributed by atoms with van der Waals surface area (Å²) in [5.41, 5.74) is 0.603. The normalized spacial score (nSPS) is 16.6. The maximum Gasteiger partial charge on any atom is 0.244 e.